The Morgan fingerprint density at radius 3 is 2.50 bits per heavy atom. The fourth-order valence-corrected chi connectivity index (χ4v) is 4.83. The van der Waals surface area contributed by atoms with Gasteiger partial charge in [0.05, 0.1) is 5.69 Å². The van der Waals surface area contributed by atoms with Crippen LogP contribution in [0.1, 0.15) is 47.7 Å². The van der Waals surface area contributed by atoms with Gasteiger partial charge in [0.2, 0.25) is 11.8 Å². The van der Waals surface area contributed by atoms with E-state index in [-0.39, 0.29) is 24.1 Å². The third-order valence-electron chi connectivity index (χ3n) is 6.49. The van der Waals surface area contributed by atoms with Gasteiger partial charge in [0.25, 0.3) is 5.91 Å². The summed E-state index contributed by atoms with van der Waals surface area (Å²) < 4.78 is 0. The maximum Gasteiger partial charge on any atom is 0.258 e. The summed E-state index contributed by atoms with van der Waals surface area (Å²) in [6, 6.07) is 19.1. The topological polar surface area (TPSA) is 69.7 Å². The summed E-state index contributed by atoms with van der Waals surface area (Å²) in [6.45, 7) is 4.75. The fraction of sp³-hybridized carbons (Fsp3) is 0.321. The number of benzene rings is 3. The van der Waals surface area contributed by atoms with E-state index in [1.807, 2.05) is 74.5 Å². The lowest BCUT2D eigenvalue weighted by atomic mass is 10.1. The van der Waals surface area contributed by atoms with Gasteiger partial charge in [-0.3, -0.25) is 14.4 Å². The molecule has 0 bridgehead atoms. The van der Waals surface area contributed by atoms with Crippen molar-refractivity contribution in [1.82, 2.24) is 10.2 Å². The fourth-order valence-electron chi connectivity index (χ4n) is 4.83. The van der Waals surface area contributed by atoms with Crippen molar-refractivity contribution in [1.29, 1.82) is 0 Å². The van der Waals surface area contributed by atoms with Crippen LogP contribution in [0.5, 0.6) is 0 Å². The lowest BCUT2D eigenvalue weighted by molar-refractivity contribution is -0.141. The second-order valence-electron chi connectivity index (χ2n) is 8.79. The number of carbonyl (C=O) groups excluding carboxylic acids is 3. The zero-order valence-corrected chi connectivity index (χ0v) is 20.0. The van der Waals surface area contributed by atoms with Crippen LogP contribution in [0.3, 0.4) is 0 Å². The molecular formula is C28H31N3O3. The van der Waals surface area contributed by atoms with Gasteiger partial charge in [-0.25, -0.2) is 0 Å². The molecule has 0 unspecified atom stereocenters. The van der Waals surface area contributed by atoms with Gasteiger partial charge in [-0.15, -0.1) is 0 Å². The van der Waals surface area contributed by atoms with Crippen molar-refractivity contribution in [3.05, 3.63) is 77.4 Å². The predicted octanol–water partition coefficient (Wildman–Crippen LogP) is 4.44. The molecule has 1 atom stereocenters. The number of aryl methyl sites for hydroxylation is 1. The van der Waals surface area contributed by atoms with E-state index in [9.17, 15) is 14.4 Å². The summed E-state index contributed by atoms with van der Waals surface area (Å²) in [5.74, 6) is -0.271. The molecule has 3 amide bonds. The van der Waals surface area contributed by atoms with Crippen LogP contribution in [0.25, 0.3) is 10.8 Å². The Labute approximate surface area is 200 Å². The van der Waals surface area contributed by atoms with Crippen molar-refractivity contribution >= 4 is 34.2 Å². The van der Waals surface area contributed by atoms with E-state index in [0.717, 1.165) is 27.6 Å². The molecule has 4 rings (SSSR count). The number of hydrogen-bond acceptors (Lipinski definition) is 3. The molecule has 0 saturated carbocycles. The Hall–Kier alpha value is -3.67. The zero-order chi connectivity index (χ0) is 24.2. The molecule has 6 nitrogen and oxygen atoms in total. The number of nitrogens with one attached hydrogen (secondary N) is 1. The molecule has 1 aliphatic rings. The summed E-state index contributed by atoms with van der Waals surface area (Å²) in [5.41, 5.74) is 3.72. The third-order valence-corrected chi connectivity index (χ3v) is 6.49. The molecular weight excluding hydrogens is 426 g/mol. The molecule has 1 heterocycles. The smallest absolute Gasteiger partial charge is 0.258 e. The Morgan fingerprint density at radius 2 is 1.79 bits per heavy atom. The SMILES string of the molecule is CC[C@@H](C(=O)NC)N(Cc1cccc(C)c1)C(=O)CCCN1C(=O)c2cccc3cccc1c23. The molecule has 0 spiro atoms. The van der Waals surface area contributed by atoms with Crippen molar-refractivity contribution in [3.63, 3.8) is 0 Å². The molecule has 0 radical (unpaired) electrons. The molecule has 3 aromatic carbocycles. The van der Waals surface area contributed by atoms with Crippen LogP contribution >= 0.6 is 0 Å². The Balaban J connectivity index is 1.48. The maximum absolute atomic E-state index is 13.4. The van der Waals surface area contributed by atoms with E-state index < -0.39 is 6.04 Å². The van der Waals surface area contributed by atoms with Gasteiger partial charge < -0.3 is 15.1 Å². The zero-order valence-electron chi connectivity index (χ0n) is 20.0. The summed E-state index contributed by atoms with van der Waals surface area (Å²) in [6.07, 6.45) is 1.30. The largest absolute Gasteiger partial charge is 0.357 e. The first kappa shape index (κ1) is 23.5. The van der Waals surface area contributed by atoms with Crippen molar-refractivity contribution in [2.45, 2.75) is 45.7 Å². The molecule has 176 valence electrons. The Bertz CT molecular complexity index is 1230. The highest BCUT2D eigenvalue weighted by Crippen LogP contribution is 2.37. The minimum atomic E-state index is -0.538. The molecule has 1 N–H and O–H groups in total. The number of likely N-dealkylation sites (N-methyl/N-ethyl adjacent to an activating group) is 1. The minimum Gasteiger partial charge on any atom is -0.357 e. The van der Waals surface area contributed by atoms with Crippen LogP contribution < -0.4 is 10.2 Å². The predicted molar refractivity (Wildman–Crippen MR) is 135 cm³/mol. The van der Waals surface area contributed by atoms with Gasteiger partial charge in [-0.05, 0) is 42.8 Å². The van der Waals surface area contributed by atoms with Crippen LogP contribution in [-0.4, -0.2) is 42.3 Å². The van der Waals surface area contributed by atoms with Crippen LogP contribution in [0, 0.1) is 6.92 Å². The molecule has 1 aliphatic heterocycles. The molecule has 6 heteroatoms. The summed E-state index contributed by atoms with van der Waals surface area (Å²) >= 11 is 0. The Kier molecular flexibility index (Phi) is 6.96. The number of rotatable bonds is 9. The van der Waals surface area contributed by atoms with Crippen molar-refractivity contribution in [2.24, 2.45) is 0 Å². The van der Waals surface area contributed by atoms with Crippen molar-refractivity contribution in [3.8, 4) is 0 Å². The standard InChI is InChI=1S/C28H31N3O3/c1-4-23(27(33)29-3)31(18-20-10-5-9-19(2)17-20)25(32)15-8-16-30-24-14-7-12-21-11-6-13-22(26(21)24)28(30)34/h5-7,9-14,17,23H,4,8,15-16,18H2,1-3H3,(H,29,33)/t23-/m0/s1. The summed E-state index contributed by atoms with van der Waals surface area (Å²) in [5, 5.41) is 4.71. The maximum atomic E-state index is 13.4. The van der Waals surface area contributed by atoms with E-state index in [4.69, 9.17) is 0 Å². The number of amides is 3. The molecule has 3 aromatic rings. The highest BCUT2D eigenvalue weighted by atomic mass is 16.2. The normalized spacial score (nSPS) is 13.3. The average Bonchev–Trinajstić information content (AvgIpc) is 3.11. The van der Waals surface area contributed by atoms with Crippen LogP contribution in [0.4, 0.5) is 5.69 Å². The summed E-state index contributed by atoms with van der Waals surface area (Å²) in [7, 11) is 1.59. The first-order valence-corrected chi connectivity index (χ1v) is 11.8. The monoisotopic (exact) mass is 457 g/mol. The first-order valence-electron chi connectivity index (χ1n) is 11.8. The van der Waals surface area contributed by atoms with E-state index in [1.54, 1.807) is 16.8 Å². The van der Waals surface area contributed by atoms with Crippen LogP contribution in [-0.2, 0) is 16.1 Å². The molecule has 0 saturated heterocycles. The van der Waals surface area contributed by atoms with Gasteiger partial charge in [-0.2, -0.15) is 0 Å². The second-order valence-corrected chi connectivity index (χ2v) is 8.79. The van der Waals surface area contributed by atoms with E-state index >= 15 is 0 Å². The number of nitrogens with zero attached hydrogens (tertiary/aromatic N) is 2. The van der Waals surface area contributed by atoms with Crippen molar-refractivity contribution in [2.75, 3.05) is 18.5 Å². The van der Waals surface area contributed by atoms with Gasteiger partial charge in [0.15, 0.2) is 0 Å². The van der Waals surface area contributed by atoms with E-state index in [2.05, 4.69) is 5.32 Å². The lowest BCUT2D eigenvalue weighted by Crippen LogP contribution is -2.48. The Morgan fingerprint density at radius 1 is 1.06 bits per heavy atom. The molecule has 0 fully saturated rings. The first-order chi connectivity index (χ1) is 16.4. The van der Waals surface area contributed by atoms with Crippen LogP contribution in [0.15, 0.2) is 60.7 Å². The van der Waals surface area contributed by atoms with Gasteiger partial charge in [0.1, 0.15) is 6.04 Å². The average molecular weight is 458 g/mol. The third kappa shape index (κ3) is 4.53. The second kappa shape index (κ2) is 10.1. The lowest BCUT2D eigenvalue weighted by Gasteiger charge is -2.30. The molecule has 34 heavy (non-hydrogen) atoms. The van der Waals surface area contributed by atoms with Crippen molar-refractivity contribution < 1.29 is 14.4 Å². The quantitative estimate of drug-likeness (QED) is 0.516. The van der Waals surface area contributed by atoms with E-state index in [1.165, 1.54) is 0 Å². The number of anilines is 1. The van der Waals surface area contributed by atoms with E-state index in [0.29, 0.717) is 31.5 Å². The molecule has 0 aromatic heterocycles. The number of carbonyl (C=O) groups is 3. The van der Waals surface area contributed by atoms with Crippen LogP contribution in [0.2, 0.25) is 0 Å². The highest BCUT2D eigenvalue weighted by Gasteiger charge is 2.31. The number of hydrogen-bond donors (Lipinski definition) is 1. The van der Waals surface area contributed by atoms with Gasteiger partial charge in [0, 0.05) is 37.5 Å². The summed E-state index contributed by atoms with van der Waals surface area (Å²) in [4.78, 5) is 42.4. The minimum absolute atomic E-state index is 0.0207. The van der Waals surface area contributed by atoms with Gasteiger partial charge >= 0.3 is 0 Å². The van der Waals surface area contributed by atoms with Gasteiger partial charge in [-0.1, -0.05) is 61.0 Å². The highest BCUT2D eigenvalue weighted by molar-refractivity contribution is 6.25. The molecule has 0 aliphatic carbocycles.